The fourth-order valence-corrected chi connectivity index (χ4v) is 6.30. The number of para-hydroxylation sites is 2. The number of nitrogens with zero attached hydrogens (tertiary/aromatic N) is 5. The molecule has 0 saturated carbocycles. The van der Waals surface area contributed by atoms with E-state index in [0.29, 0.717) is 16.8 Å². The number of hydrogen-bond acceptors (Lipinski definition) is 7. The summed E-state index contributed by atoms with van der Waals surface area (Å²) in [6.45, 7) is 10.6. The molecule has 45 heavy (non-hydrogen) atoms. The predicted molar refractivity (Wildman–Crippen MR) is 178 cm³/mol. The first kappa shape index (κ1) is 30.8. The molecule has 1 unspecified atom stereocenters. The van der Waals surface area contributed by atoms with Crippen molar-refractivity contribution in [3.63, 3.8) is 0 Å². The van der Waals surface area contributed by atoms with Crippen LogP contribution in [0.5, 0.6) is 5.75 Å². The van der Waals surface area contributed by atoms with E-state index in [1.54, 1.807) is 13.4 Å². The van der Waals surface area contributed by atoms with Gasteiger partial charge in [0.25, 0.3) is 0 Å². The zero-order valence-electron chi connectivity index (χ0n) is 26.2. The molecule has 1 aliphatic rings. The van der Waals surface area contributed by atoms with E-state index < -0.39 is 0 Å². The summed E-state index contributed by atoms with van der Waals surface area (Å²) in [7, 11) is 1.63. The summed E-state index contributed by atoms with van der Waals surface area (Å²) in [5, 5.41) is 4.77. The lowest BCUT2D eigenvalue weighted by molar-refractivity contribution is 0.0170. The van der Waals surface area contributed by atoms with Crippen molar-refractivity contribution in [2.45, 2.75) is 46.2 Å². The van der Waals surface area contributed by atoms with Gasteiger partial charge in [0.15, 0.2) is 0 Å². The van der Waals surface area contributed by atoms with Crippen LogP contribution in [0.3, 0.4) is 0 Å². The average molecular weight is 627 g/mol. The van der Waals surface area contributed by atoms with E-state index in [0.717, 1.165) is 102 Å². The molecule has 3 aromatic heterocycles. The molecule has 9 nitrogen and oxygen atoms in total. The molecule has 6 aromatic rings. The molecule has 1 saturated heterocycles. The molecule has 1 atom stereocenters. The number of morpholine rings is 1. The zero-order valence-corrected chi connectivity index (χ0v) is 27.0. The molecule has 10 heteroatoms. The van der Waals surface area contributed by atoms with Gasteiger partial charge < -0.3 is 23.5 Å². The standard InChI is InChI=1S/C28H33ClN4O3.C7H6N2/c1-18(32-11-13-35-14-12-32)17-33-25-8-7-22(28-19(2)31-36-20(28)3)16-24(25)30-27(33)10-6-21-5-9-26(34-4)23(29)15-21;1-2-4-7-6(3-1)8-5-9-7/h5,7-9,15-16,18H,6,10-14,17H2,1-4H3;1-5H,(H,8,9). The van der Waals surface area contributed by atoms with Crippen LogP contribution < -0.4 is 4.74 Å². The highest BCUT2D eigenvalue weighted by Gasteiger charge is 2.21. The van der Waals surface area contributed by atoms with Gasteiger partial charge in [-0.15, -0.1) is 0 Å². The van der Waals surface area contributed by atoms with Gasteiger partial charge in [-0.05, 0) is 74.7 Å². The molecule has 0 aliphatic carbocycles. The Morgan fingerprint density at radius 1 is 1.00 bits per heavy atom. The lowest BCUT2D eigenvalue weighted by Gasteiger charge is -2.32. The molecule has 3 aromatic carbocycles. The van der Waals surface area contributed by atoms with Gasteiger partial charge in [0.1, 0.15) is 17.3 Å². The summed E-state index contributed by atoms with van der Waals surface area (Å²) in [4.78, 5) is 14.7. The third-order valence-corrected chi connectivity index (χ3v) is 8.74. The van der Waals surface area contributed by atoms with Gasteiger partial charge >= 0.3 is 0 Å². The quantitative estimate of drug-likeness (QED) is 0.194. The van der Waals surface area contributed by atoms with Gasteiger partial charge in [0.05, 0.1) is 59.4 Å². The molecule has 0 bridgehead atoms. The Hall–Kier alpha value is -4.18. The summed E-state index contributed by atoms with van der Waals surface area (Å²) in [6, 6.07) is 20.8. The minimum Gasteiger partial charge on any atom is -0.495 e. The van der Waals surface area contributed by atoms with Crippen LogP contribution in [0.25, 0.3) is 33.2 Å². The zero-order chi connectivity index (χ0) is 31.3. The minimum atomic E-state index is 0.378. The van der Waals surface area contributed by atoms with Gasteiger partial charge in [0.2, 0.25) is 0 Å². The number of nitrogens with one attached hydrogen (secondary N) is 1. The van der Waals surface area contributed by atoms with Crippen LogP contribution in [0, 0.1) is 13.8 Å². The summed E-state index contributed by atoms with van der Waals surface area (Å²) < 4.78 is 18.7. The minimum absolute atomic E-state index is 0.378. The van der Waals surface area contributed by atoms with Crippen molar-refractivity contribution in [2.24, 2.45) is 0 Å². The molecule has 0 spiro atoms. The van der Waals surface area contributed by atoms with Crippen molar-refractivity contribution >= 4 is 33.7 Å². The van der Waals surface area contributed by atoms with Crippen molar-refractivity contribution in [2.75, 3.05) is 33.4 Å². The summed E-state index contributed by atoms with van der Waals surface area (Å²) in [5.74, 6) is 2.59. The molecule has 1 aliphatic heterocycles. The summed E-state index contributed by atoms with van der Waals surface area (Å²) in [5.41, 5.74) is 8.44. The Balaban J connectivity index is 0.000000337. The average Bonchev–Trinajstić information content (AvgIpc) is 3.77. The van der Waals surface area contributed by atoms with Crippen molar-refractivity contribution in [3.8, 4) is 16.9 Å². The number of hydrogen-bond donors (Lipinski definition) is 1. The number of imidazole rings is 2. The summed E-state index contributed by atoms with van der Waals surface area (Å²) >= 11 is 6.38. The fourth-order valence-electron chi connectivity index (χ4n) is 6.02. The third-order valence-electron chi connectivity index (χ3n) is 8.45. The number of H-pyrrole nitrogens is 1. The number of aromatic nitrogens is 5. The number of aryl methyl sites for hydroxylation is 4. The van der Waals surface area contributed by atoms with Gasteiger partial charge in [-0.2, -0.15) is 0 Å². The second-order valence-corrected chi connectivity index (χ2v) is 11.8. The highest BCUT2D eigenvalue weighted by atomic mass is 35.5. The van der Waals surface area contributed by atoms with Crippen LogP contribution in [0.2, 0.25) is 5.02 Å². The number of halogens is 1. The molecule has 4 heterocycles. The number of ether oxygens (including phenoxy) is 2. The van der Waals surface area contributed by atoms with Gasteiger partial charge in [-0.25, -0.2) is 9.97 Å². The second kappa shape index (κ2) is 13.9. The molecule has 1 N–H and O–H groups in total. The van der Waals surface area contributed by atoms with E-state index in [9.17, 15) is 0 Å². The number of benzene rings is 3. The Labute approximate surface area is 268 Å². The highest BCUT2D eigenvalue weighted by molar-refractivity contribution is 6.32. The Kier molecular flexibility index (Phi) is 9.49. The lowest BCUT2D eigenvalue weighted by Crippen LogP contribution is -2.44. The van der Waals surface area contributed by atoms with E-state index in [-0.39, 0.29) is 0 Å². The second-order valence-electron chi connectivity index (χ2n) is 11.4. The van der Waals surface area contributed by atoms with Crippen LogP contribution in [0.15, 0.2) is 71.5 Å². The van der Waals surface area contributed by atoms with Crippen LogP contribution in [-0.4, -0.2) is 69.0 Å². The normalized spacial score (nSPS) is 14.4. The first-order valence-electron chi connectivity index (χ1n) is 15.4. The first-order chi connectivity index (χ1) is 21.9. The maximum absolute atomic E-state index is 6.38. The molecular weight excluding hydrogens is 588 g/mol. The van der Waals surface area contributed by atoms with E-state index in [4.69, 9.17) is 30.6 Å². The molecule has 234 valence electrons. The van der Waals surface area contributed by atoms with Gasteiger partial charge in [0, 0.05) is 37.7 Å². The number of aromatic amines is 1. The van der Waals surface area contributed by atoms with Crippen molar-refractivity contribution in [1.82, 2.24) is 29.6 Å². The van der Waals surface area contributed by atoms with E-state index in [1.165, 1.54) is 0 Å². The van der Waals surface area contributed by atoms with Crippen LogP contribution in [0.4, 0.5) is 0 Å². The van der Waals surface area contributed by atoms with Crippen LogP contribution in [0.1, 0.15) is 29.8 Å². The predicted octanol–water partition coefficient (Wildman–Crippen LogP) is 7.04. The summed E-state index contributed by atoms with van der Waals surface area (Å²) in [6.07, 6.45) is 3.36. The van der Waals surface area contributed by atoms with Gasteiger partial charge in [-0.3, -0.25) is 4.90 Å². The molecule has 1 fully saturated rings. The molecule has 0 amide bonds. The smallest absolute Gasteiger partial charge is 0.141 e. The Morgan fingerprint density at radius 3 is 2.56 bits per heavy atom. The number of methoxy groups -OCH3 is 1. The number of fused-ring (bicyclic) bond motifs is 2. The maximum Gasteiger partial charge on any atom is 0.141 e. The van der Waals surface area contributed by atoms with Crippen molar-refractivity contribution < 1.29 is 14.0 Å². The topological polar surface area (TPSA) is 94.2 Å². The SMILES string of the molecule is COc1ccc(CCc2nc3cc(-c4c(C)noc4C)ccc3n2CC(C)N2CCOCC2)cc1Cl.c1ccc2[nH]cnc2c1. The maximum atomic E-state index is 6.38. The third kappa shape index (κ3) is 6.91. The van der Waals surface area contributed by atoms with Gasteiger partial charge in [-0.1, -0.05) is 41.0 Å². The van der Waals surface area contributed by atoms with E-state index in [2.05, 4.69) is 55.8 Å². The first-order valence-corrected chi connectivity index (χ1v) is 15.7. The molecule has 7 rings (SSSR count). The monoisotopic (exact) mass is 626 g/mol. The van der Waals surface area contributed by atoms with Crippen LogP contribution in [-0.2, 0) is 24.1 Å². The highest BCUT2D eigenvalue weighted by Crippen LogP contribution is 2.31. The van der Waals surface area contributed by atoms with Crippen molar-refractivity contribution in [1.29, 1.82) is 0 Å². The van der Waals surface area contributed by atoms with E-state index in [1.807, 2.05) is 50.2 Å². The largest absolute Gasteiger partial charge is 0.495 e. The fraction of sp³-hybridized carbons (Fsp3) is 0.343. The molecule has 0 radical (unpaired) electrons. The van der Waals surface area contributed by atoms with Crippen LogP contribution >= 0.6 is 11.6 Å². The van der Waals surface area contributed by atoms with E-state index >= 15 is 0 Å². The molecular formula is C35H39ClN6O3. The van der Waals surface area contributed by atoms with Crippen molar-refractivity contribution in [3.05, 3.63) is 94.9 Å². The Bertz CT molecular complexity index is 1840. The number of rotatable bonds is 8. The lowest BCUT2D eigenvalue weighted by atomic mass is 10.0. The Morgan fingerprint density at radius 2 is 1.82 bits per heavy atom.